The normalized spacial score (nSPS) is 23.6. The van der Waals surface area contributed by atoms with Crippen molar-refractivity contribution in [2.75, 3.05) is 19.7 Å². The molecule has 0 radical (unpaired) electrons. The monoisotopic (exact) mass is 247 g/mol. The van der Waals surface area contributed by atoms with Gasteiger partial charge in [0.05, 0.1) is 12.5 Å². The molecular formula is C15H21NO2. The molecule has 1 aliphatic rings. The minimum atomic E-state index is -0.0503. The van der Waals surface area contributed by atoms with E-state index in [2.05, 4.69) is 29.6 Å². The maximum atomic E-state index is 11.9. The Labute approximate surface area is 109 Å². The van der Waals surface area contributed by atoms with Crippen LogP contribution in [0.5, 0.6) is 0 Å². The van der Waals surface area contributed by atoms with Crippen molar-refractivity contribution in [3.8, 4) is 0 Å². The average Bonchev–Trinajstić information content (AvgIpc) is 2.41. The Morgan fingerprint density at radius 2 is 2.17 bits per heavy atom. The summed E-state index contributed by atoms with van der Waals surface area (Å²) in [6.07, 6.45) is 2.00. The number of hydrogen-bond donors (Lipinski definition) is 1. The summed E-state index contributed by atoms with van der Waals surface area (Å²) in [5, 5.41) is 3.29. The second-order valence-corrected chi connectivity index (χ2v) is 4.80. The molecule has 0 aliphatic carbocycles. The van der Waals surface area contributed by atoms with Crippen molar-refractivity contribution in [3.63, 3.8) is 0 Å². The number of rotatable bonds is 4. The van der Waals surface area contributed by atoms with Gasteiger partial charge in [-0.05, 0) is 37.8 Å². The van der Waals surface area contributed by atoms with E-state index in [4.69, 9.17) is 4.74 Å². The van der Waals surface area contributed by atoms with E-state index in [1.165, 1.54) is 5.56 Å². The van der Waals surface area contributed by atoms with E-state index in [1.54, 1.807) is 0 Å². The highest BCUT2D eigenvalue weighted by molar-refractivity contribution is 5.73. The summed E-state index contributed by atoms with van der Waals surface area (Å²) in [5.74, 6) is 0.345. The van der Waals surface area contributed by atoms with E-state index in [-0.39, 0.29) is 11.9 Å². The maximum absolute atomic E-state index is 11.9. The van der Waals surface area contributed by atoms with E-state index in [0.717, 1.165) is 25.9 Å². The lowest BCUT2D eigenvalue weighted by Crippen LogP contribution is -2.42. The summed E-state index contributed by atoms with van der Waals surface area (Å²) in [6, 6.07) is 10.4. The lowest BCUT2D eigenvalue weighted by atomic mass is 9.82. The van der Waals surface area contributed by atoms with Gasteiger partial charge < -0.3 is 10.1 Å². The molecule has 1 N–H and O–H groups in total. The number of nitrogens with one attached hydrogen (secondary N) is 1. The molecule has 0 amide bonds. The Hall–Kier alpha value is -1.35. The molecule has 98 valence electrons. The molecule has 0 spiro atoms. The van der Waals surface area contributed by atoms with Crippen LogP contribution in [0.2, 0.25) is 0 Å². The molecule has 0 aromatic heterocycles. The quantitative estimate of drug-likeness (QED) is 0.827. The van der Waals surface area contributed by atoms with Crippen molar-refractivity contribution in [1.29, 1.82) is 0 Å². The first kappa shape index (κ1) is 13.1. The van der Waals surface area contributed by atoms with Gasteiger partial charge >= 0.3 is 5.97 Å². The molecule has 1 fully saturated rings. The fraction of sp³-hybridized carbons (Fsp3) is 0.533. The second kappa shape index (κ2) is 6.55. The number of ether oxygens (including phenoxy) is 1. The Bertz CT molecular complexity index is 377. The largest absolute Gasteiger partial charge is 0.466 e. The van der Waals surface area contributed by atoms with Crippen LogP contribution >= 0.6 is 0 Å². The van der Waals surface area contributed by atoms with Gasteiger partial charge in [-0.25, -0.2) is 0 Å². The number of carbonyl (C=O) groups excluding carboxylic acids is 1. The minimum absolute atomic E-state index is 0.00101. The van der Waals surface area contributed by atoms with Gasteiger partial charge in [-0.2, -0.15) is 0 Å². The average molecular weight is 247 g/mol. The van der Waals surface area contributed by atoms with Crippen LogP contribution in [-0.2, 0) is 16.0 Å². The first-order chi connectivity index (χ1) is 8.81. The second-order valence-electron chi connectivity index (χ2n) is 4.80. The SMILES string of the molecule is CCOC(=O)C1CNCCC1Cc1ccccc1. The summed E-state index contributed by atoms with van der Waals surface area (Å²) < 4.78 is 5.17. The predicted octanol–water partition coefficient (Wildman–Crippen LogP) is 2.02. The van der Waals surface area contributed by atoms with Gasteiger partial charge in [-0.3, -0.25) is 4.79 Å². The zero-order valence-electron chi connectivity index (χ0n) is 10.9. The van der Waals surface area contributed by atoms with Crippen LogP contribution < -0.4 is 5.32 Å². The number of hydrogen-bond acceptors (Lipinski definition) is 3. The van der Waals surface area contributed by atoms with Gasteiger partial charge in [-0.15, -0.1) is 0 Å². The summed E-state index contributed by atoms with van der Waals surface area (Å²) in [5.41, 5.74) is 1.30. The lowest BCUT2D eigenvalue weighted by Gasteiger charge is -2.30. The maximum Gasteiger partial charge on any atom is 0.310 e. The first-order valence-corrected chi connectivity index (χ1v) is 6.72. The lowest BCUT2D eigenvalue weighted by molar-refractivity contribution is -0.150. The van der Waals surface area contributed by atoms with Gasteiger partial charge in [0.15, 0.2) is 0 Å². The van der Waals surface area contributed by atoms with Crippen LogP contribution in [-0.4, -0.2) is 25.7 Å². The van der Waals surface area contributed by atoms with E-state index in [1.807, 2.05) is 13.0 Å². The Morgan fingerprint density at radius 1 is 1.39 bits per heavy atom. The zero-order chi connectivity index (χ0) is 12.8. The van der Waals surface area contributed by atoms with Crippen molar-refractivity contribution in [2.24, 2.45) is 11.8 Å². The fourth-order valence-electron chi connectivity index (χ4n) is 2.60. The number of piperidine rings is 1. The number of benzene rings is 1. The Balaban J connectivity index is 2.01. The van der Waals surface area contributed by atoms with E-state index >= 15 is 0 Å². The molecule has 1 saturated heterocycles. The Morgan fingerprint density at radius 3 is 2.89 bits per heavy atom. The van der Waals surface area contributed by atoms with Crippen LogP contribution in [0.4, 0.5) is 0 Å². The summed E-state index contributed by atoms with van der Waals surface area (Å²) in [7, 11) is 0. The summed E-state index contributed by atoms with van der Waals surface area (Å²) in [4.78, 5) is 11.9. The molecular weight excluding hydrogens is 226 g/mol. The number of carbonyl (C=O) groups is 1. The van der Waals surface area contributed by atoms with Gasteiger partial charge in [0.25, 0.3) is 0 Å². The molecule has 2 rings (SSSR count). The van der Waals surface area contributed by atoms with E-state index < -0.39 is 0 Å². The van der Waals surface area contributed by atoms with Crippen molar-refractivity contribution in [3.05, 3.63) is 35.9 Å². The van der Waals surface area contributed by atoms with Crippen LogP contribution in [0.25, 0.3) is 0 Å². The molecule has 1 aromatic carbocycles. The highest BCUT2D eigenvalue weighted by atomic mass is 16.5. The van der Waals surface area contributed by atoms with Crippen molar-refractivity contribution >= 4 is 5.97 Å². The smallest absolute Gasteiger partial charge is 0.310 e. The van der Waals surface area contributed by atoms with Gasteiger partial charge in [0, 0.05) is 6.54 Å². The molecule has 0 saturated carbocycles. The highest BCUT2D eigenvalue weighted by Crippen LogP contribution is 2.24. The highest BCUT2D eigenvalue weighted by Gasteiger charge is 2.31. The predicted molar refractivity (Wildman–Crippen MR) is 71.2 cm³/mol. The zero-order valence-corrected chi connectivity index (χ0v) is 10.9. The van der Waals surface area contributed by atoms with Crippen molar-refractivity contribution < 1.29 is 9.53 Å². The third-order valence-corrected chi connectivity index (χ3v) is 3.56. The third kappa shape index (κ3) is 3.33. The van der Waals surface area contributed by atoms with Gasteiger partial charge in [0.1, 0.15) is 0 Å². The Kier molecular flexibility index (Phi) is 4.76. The van der Waals surface area contributed by atoms with Crippen LogP contribution in [0.1, 0.15) is 18.9 Å². The van der Waals surface area contributed by atoms with Crippen LogP contribution in [0, 0.1) is 11.8 Å². The molecule has 2 unspecified atom stereocenters. The topological polar surface area (TPSA) is 38.3 Å². The van der Waals surface area contributed by atoms with E-state index in [9.17, 15) is 4.79 Å². The van der Waals surface area contributed by atoms with Crippen molar-refractivity contribution in [2.45, 2.75) is 19.8 Å². The molecule has 3 nitrogen and oxygen atoms in total. The molecule has 3 heteroatoms. The molecule has 1 aromatic rings. The number of esters is 1. The first-order valence-electron chi connectivity index (χ1n) is 6.72. The third-order valence-electron chi connectivity index (χ3n) is 3.56. The molecule has 1 heterocycles. The fourth-order valence-corrected chi connectivity index (χ4v) is 2.60. The van der Waals surface area contributed by atoms with Crippen LogP contribution in [0.15, 0.2) is 30.3 Å². The van der Waals surface area contributed by atoms with Crippen LogP contribution in [0.3, 0.4) is 0 Å². The van der Waals surface area contributed by atoms with Gasteiger partial charge in [0.2, 0.25) is 0 Å². The minimum Gasteiger partial charge on any atom is -0.466 e. The van der Waals surface area contributed by atoms with E-state index in [0.29, 0.717) is 12.5 Å². The molecule has 1 aliphatic heterocycles. The standard InChI is InChI=1S/C15H21NO2/c1-2-18-15(17)14-11-16-9-8-13(14)10-12-6-4-3-5-7-12/h3-7,13-14,16H,2,8-11H2,1H3. The summed E-state index contributed by atoms with van der Waals surface area (Å²) >= 11 is 0. The molecule has 2 atom stereocenters. The van der Waals surface area contributed by atoms with Gasteiger partial charge in [-0.1, -0.05) is 30.3 Å². The van der Waals surface area contributed by atoms with Crippen molar-refractivity contribution in [1.82, 2.24) is 5.32 Å². The molecule has 0 bridgehead atoms. The summed E-state index contributed by atoms with van der Waals surface area (Å²) in [6.45, 7) is 4.07. The molecule has 18 heavy (non-hydrogen) atoms.